The van der Waals surface area contributed by atoms with Gasteiger partial charge in [0.15, 0.2) is 0 Å². The molecule has 3 N–H and O–H groups in total. The lowest BCUT2D eigenvalue weighted by Crippen LogP contribution is -2.25. The molecule has 4 heteroatoms. The minimum absolute atomic E-state index is 0.196. The molecule has 0 spiro atoms. The van der Waals surface area contributed by atoms with E-state index < -0.39 is 5.97 Å². The van der Waals surface area contributed by atoms with Crippen LogP contribution in [0.25, 0.3) is 0 Å². The van der Waals surface area contributed by atoms with E-state index in [1.165, 1.54) is 0 Å². The summed E-state index contributed by atoms with van der Waals surface area (Å²) < 4.78 is 0. The summed E-state index contributed by atoms with van der Waals surface area (Å²) in [5.74, 6) is -0.966. The molecule has 0 bridgehead atoms. The average molecular weight is 236 g/mol. The molecule has 17 heavy (non-hydrogen) atoms. The van der Waals surface area contributed by atoms with Crippen molar-refractivity contribution >= 4 is 11.7 Å². The van der Waals surface area contributed by atoms with Gasteiger partial charge in [0.1, 0.15) is 0 Å². The maximum atomic E-state index is 10.9. The van der Waals surface area contributed by atoms with E-state index >= 15 is 0 Å². The van der Waals surface area contributed by atoms with E-state index in [2.05, 4.69) is 18.7 Å². The number of likely N-dealkylation sites (N-methyl/N-ethyl adjacent to an activating group) is 1. The molecule has 0 aliphatic carbocycles. The van der Waals surface area contributed by atoms with Crippen LogP contribution in [0.2, 0.25) is 0 Å². The number of nitrogens with zero attached hydrogens (tertiary/aromatic N) is 1. The molecule has 1 aromatic rings. The highest BCUT2D eigenvalue weighted by molar-refractivity contribution is 5.94. The number of aromatic carboxylic acids is 1. The van der Waals surface area contributed by atoms with Gasteiger partial charge in [-0.1, -0.05) is 26.0 Å². The van der Waals surface area contributed by atoms with Crippen LogP contribution in [0.15, 0.2) is 18.2 Å². The van der Waals surface area contributed by atoms with Crippen LogP contribution in [0.1, 0.15) is 29.8 Å². The van der Waals surface area contributed by atoms with Gasteiger partial charge in [-0.25, -0.2) is 4.79 Å². The highest BCUT2D eigenvalue weighted by atomic mass is 16.4. The van der Waals surface area contributed by atoms with Crippen LogP contribution in [0.3, 0.4) is 0 Å². The summed E-state index contributed by atoms with van der Waals surface area (Å²) in [5.41, 5.74) is 7.36. The van der Waals surface area contributed by atoms with E-state index in [-0.39, 0.29) is 5.56 Å². The number of benzene rings is 1. The maximum absolute atomic E-state index is 10.9. The molecule has 1 rings (SSSR count). The third-order valence-corrected chi connectivity index (χ3v) is 3.02. The normalized spacial score (nSPS) is 10.8. The van der Waals surface area contributed by atoms with Gasteiger partial charge in [0, 0.05) is 12.2 Å². The lowest BCUT2D eigenvalue weighted by molar-refractivity contribution is 0.0698. The van der Waals surface area contributed by atoms with Crippen molar-refractivity contribution in [3.05, 3.63) is 29.3 Å². The van der Waals surface area contributed by atoms with Crippen LogP contribution >= 0.6 is 0 Å². The van der Waals surface area contributed by atoms with Crippen molar-refractivity contribution in [2.75, 3.05) is 25.4 Å². The van der Waals surface area contributed by atoms with E-state index in [4.69, 9.17) is 10.8 Å². The molecule has 0 saturated heterocycles. The van der Waals surface area contributed by atoms with Gasteiger partial charge in [0.25, 0.3) is 0 Å². The number of hydrogen-bond donors (Lipinski definition) is 2. The minimum Gasteiger partial charge on any atom is -0.478 e. The second kappa shape index (κ2) is 6.25. The Morgan fingerprint density at radius 1 is 1.35 bits per heavy atom. The predicted octanol–water partition coefficient (Wildman–Crippen LogP) is 1.85. The smallest absolute Gasteiger partial charge is 0.337 e. The molecule has 0 amide bonds. The predicted molar refractivity (Wildman–Crippen MR) is 69.3 cm³/mol. The first-order valence-corrected chi connectivity index (χ1v) is 5.93. The van der Waals surface area contributed by atoms with E-state index in [1.807, 2.05) is 6.07 Å². The fourth-order valence-electron chi connectivity index (χ4n) is 1.84. The number of rotatable bonds is 6. The SMILES string of the molecule is CCN(CC)CCc1cccc(C(=O)O)c1N. The van der Waals surface area contributed by atoms with Crippen LogP contribution in [0.4, 0.5) is 5.69 Å². The van der Waals surface area contributed by atoms with Crippen LogP contribution in [-0.2, 0) is 6.42 Å². The Balaban J connectivity index is 2.78. The van der Waals surface area contributed by atoms with Gasteiger partial charge >= 0.3 is 5.97 Å². The van der Waals surface area contributed by atoms with E-state index in [0.29, 0.717) is 5.69 Å². The molecule has 0 fully saturated rings. The Bertz CT molecular complexity index is 387. The first-order valence-electron chi connectivity index (χ1n) is 5.93. The van der Waals surface area contributed by atoms with Crippen molar-refractivity contribution in [2.45, 2.75) is 20.3 Å². The van der Waals surface area contributed by atoms with Gasteiger partial charge < -0.3 is 15.7 Å². The van der Waals surface area contributed by atoms with Crippen molar-refractivity contribution in [3.63, 3.8) is 0 Å². The zero-order valence-corrected chi connectivity index (χ0v) is 10.4. The fourth-order valence-corrected chi connectivity index (χ4v) is 1.84. The van der Waals surface area contributed by atoms with Crippen molar-refractivity contribution < 1.29 is 9.90 Å². The fraction of sp³-hybridized carbons (Fsp3) is 0.462. The molecule has 94 valence electrons. The van der Waals surface area contributed by atoms with Crippen molar-refractivity contribution in [3.8, 4) is 0 Å². The van der Waals surface area contributed by atoms with Gasteiger partial charge in [-0.05, 0) is 31.1 Å². The van der Waals surface area contributed by atoms with Crippen molar-refractivity contribution in [1.29, 1.82) is 0 Å². The number of carbonyl (C=O) groups is 1. The van der Waals surface area contributed by atoms with Crippen LogP contribution < -0.4 is 5.73 Å². The van der Waals surface area contributed by atoms with Gasteiger partial charge in [-0.2, -0.15) is 0 Å². The summed E-state index contributed by atoms with van der Waals surface area (Å²) >= 11 is 0. The molecule has 0 aliphatic rings. The topological polar surface area (TPSA) is 66.6 Å². The summed E-state index contributed by atoms with van der Waals surface area (Å²) in [4.78, 5) is 13.2. The van der Waals surface area contributed by atoms with Crippen LogP contribution in [0.5, 0.6) is 0 Å². The number of anilines is 1. The van der Waals surface area contributed by atoms with Gasteiger partial charge in [0.2, 0.25) is 0 Å². The number of nitrogens with two attached hydrogens (primary N) is 1. The lowest BCUT2D eigenvalue weighted by atomic mass is 10.0. The molecule has 4 nitrogen and oxygen atoms in total. The largest absolute Gasteiger partial charge is 0.478 e. The van der Waals surface area contributed by atoms with Crippen molar-refractivity contribution in [1.82, 2.24) is 4.90 Å². The first-order chi connectivity index (χ1) is 8.10. The Morgan fingerprint density at radius 2 is 2.00 bits per heavy atom. The molecule has 0 radical (unpaired) electrons. The standard InChI is InChI=1S/C13H20N2O2/c1-3-15(4-2)9-8-10-6-5-7-11(12(10)14)13(16)17/h5-7H,3-4,8-9,14H2,1-2H3,(H,16,17). The quantitative estimate of drug-likeness (QED) is 0.740. The summed E-state index contributed by atoms with van der Waals surface area (Å²) in [5, 5.41) is 8.97. The summed E-state index contributed by atoms with van der Waals surface area (Å²) in [7, 11) is 0. The van der Waals surface area contributed by atoms with Crippen molar-refractivity contribution in [2.24, 2.45) is 0 Å². The lowest BCUT2D eigenvalue weighted by Gasteiger charge is -2.18. The highest BCUT2D eigenvalue weighted by Gasteiger charge is 2.11. The average Bonchev–Trinajstić information content (AvgIpc) is 2.32. The molecular weight excluding hydrogens is 216 g/mol. The monoisotopic (exact) mass is 236 g/mol. The summed E-state index contributed by atoms with van der Waals surface area (Å²) in [6.45, 7) is 7.12. The highest BCUT2D eigenvalue weighted by Crippen LogP contribution is 2.18. The molecule has 0 atom stereocenters. The second-order valence-electron chi connectivity index (χ2n) is 3.96. The van der Waals surface area contributed by atoms with E-state index in [0.717, 1.165) is 31.6 Å². The zero-order valence-electron chi connectivity index (χ0n) is 10.4. The number of nitrogen functional groups attached to an aromatic ring is 1. The number of hydrogen-bond acceptors (Lipinski definition) is 3. The summed E-state index contributed by atoms with van der Waals surface area (Å²) in [6.07, 6.45) is 0.786. The van der Waals surface area contributed by atoms with Gasteiger partial charge in [-0.15, -0.1) is 0 Å². The third-order valence-electron chi connectivity index (χ3n) is 3.02. The number of carboxylic acids is 1. The van der Waals surface area contributed by atoms with E-state index in [9.17, 15) is 4.79 Å². The summed E-state index contributed by atoms with van der Waals surface area (Å²) in [6, 6.07) is 5.18. The Labute approximate surface area is 102 Å². The third kappa shape index (κ3) is 3.46. The first kappa shape index (κ1) is 13.5. The Hall–Kier alpha value is -1.55. The molecule has 0 aliphatic heterocycles. The molecule has 0 aromatic heterocycles. The van der Waals surface area contributed by atoms with Gasteiger partial charge in [0.05, 0.1) is 5.56 Å². The number of para-hydroxylation sites is 1. The Kier molecular flexibility index (Phi) is 4.97. The number of carboxylic acid groups (broad SMARTS) is 1. The van der Waals surface area contributed by atoms with Crippen LogP contribution in [-0.4, -0.2) is 35.6 Å². The second-order valence-corrected chi connectivity index (χ2v) is 3.96. The van der Waals surface area contributed by atoms with Crippen LogP contribution in [0, 0.1) is 0 Å². The van der Waals surface area contributed by atoms with Gasteiger partial charge in [-0.3, -0.25) is 0 Å². The molecule has 0 heterocycles. The molecule has 1 aromatic carbocycles. The molecule has 0 saturated carbocycles. The minimum atomic E-state index is -0.966. The molecular formula is C13H20N2O2. The Morgan fingerprint density at radius 3 is 2.53 bits per heavy atom. The maximum Gasteiger partial charge on any atom is 0.337 e. The zero-order chi connectivity index (χ0) is 12.8. The van der Waals surface area contributed by atoms with E-state index in [1.54, 1.807) is 12.1 Å². The molecule has 0 unspecified atom stereocenters.